The number of urea groups is 1. The first-order valence-corrected chi connectivity index (χ1v) is 11.2. The molecule has 3 aromatic rings. The van der Waals surface area contributed by atoms with E-state index in [2.05, 4.69) is 48.7 Å². The summed E-state index contributed by atoms with van der Waals surface area (Å²) in [6.45, 7) is 9.84. The number of benzene rings is 1. The number of carbonyl (C=O) groups is 1. The number of fused-ring (bicyclic) bond motifs is 1. The molecule has 0 radical (unpaired) electrons. The minimum absolute atomic E-state index is 0.00140. The fourth-order valence-corrected chi connectivity index (χ4v) is 4.49. The molecule has 168 valence electrons. The SMILES string of the molecule is Cc1cc(OC[C@H](C)c2ccccc2)cn2nc(C(C)CN3CC4(CNC4)NC3=O)nc12. The van der Waals surface area contributed by atoms with Gasteiger partial charge in [0.2, 0.25) is 0 Å². The Bertz CT molecular complexity index is 1120. The Kier molecular flexibility index (Phi) is 5.25. The smallest absolute Gasteiger partial charge is 0.318 e. The Balaban J connectivity index is 1.27. The number of hydrogen-bond donors (Lipinski definition) is 2. The third-order valence-electron chi connectivity index (χ3n) is 6.49. The van der Waals surface area contributed by atoms with E-state index < -0.39 is 0 Å². The van der Waals surface area contributed by atoms with E-state index in [0.29, 0.717) is 19.1 Å². The third-order valence-corrected chi connectivity index (χ3v) is 6.49. The van der Waals surface area contributed by atoms with Crippen LogP contribution in [0.25, 0.3) is 5.65 Å². The van der Waals surface area contributed by atoms with Crippen molar-refractivity contribution in [3.63, 3.8) is 0 Å². The molecule has 2 aromatic heterocycles. The first-order chi connectivity index (χ1) is 15.4. The maximum Gasteiger partial charge on any atom is 0.318 e. The van der Waals surface area contributed by atoms with Gasteiger partial charge >= 0.3 is 6.03 Å². The second kappa shape index (κ2) is 8.09. The van der Waals surface area contributed by atoms with E-state index in [4.69, 9.17) is 14.8 Å². The van der Waals surface area contributed by atoms with E-state index in [0.717, 1.165) is 42.4 Å². The number of aryl methyl sites for hydroxylation is 1. The van der Waals surface area contributed by atoms with Gasteiger partial charge in [-0.25, -0.2) is 14.3 Å². The van der Waals surface area contributed by atoms with Crippen molar-refractivity contribution in [2.45, 2.75) is 38.1 Å². The lowest BCUT2D eigenvalue weighted by Crippen LogP contribution is -2.67. The first kappa shape index (κ1) is 20.8. The molecule has 32 heavy (non-hydrogen) atoms. The van der Waals surface area contributed by atoms with Crippen molar-refractivity contribution in [3.8, 4) is 5.75 Å². The molecule has 0 saturated carbocycles. The molecule has 2 amide bonds. The summed E-state index contributed by atoms with van der Waals surface area (Å²) in [6, 6.07) is 12.4. The second-order valence-corrected chi connectivity index (χ2v) is 9.32. The van der Waals surface area contributed by atoms with Crippen LogP contribution in [0.15, 0.2) is 42.6 Å². The first-order valence-electron chi connectivity index (χ1n) is 11.2. The van der Waals surface area contributed by atoms with Crippen LogP contribution in [0.4, 0.5) is 4.79 Å². The zero-order valence-corrected chi connectivity index (χ0v) is 18.8. The van der Waals surface area contributed by atoms with Crippen LogP contribution in [-0.4, -0.2) is 63.9 Å². The van der Waals surface area contributed by atoms with Gasteiger partial charge in [0.05, 0.1) is 18.3 Å². The number of amides is 2. The summed E-state index contributed by atoms with van der Waals surface area (Å²) in [4.78, 5) is 19.0. The van der Waals surface area contributed by atoms with Gasteiger partial charge in [0.25, 0.3) is 0 Å². The molecule has 2 fully saturated rings. The molecule has 2 aliphatic heterocycles. The summed E-state index contributed by atoms with van der Waals surface area (Å²) in [7, 11) is 0. The standard InChI is InChI=1S/C24H30N6O2/c1-16-9-20(32-12-18(3)19-7-5-4-6-8-19)11-30-22(16)26-21(28-30)17(2)10-29-15-24(13-25-14-24)27-23(29)31/h4-9,11,17-18,25H,10,12-15H2,1-3H3,(H,27,31)/t17?,18-/m0/s1. The van der Waals surface area contributed by atoms with E-state index in [1.54, 1.807) is 4.52 Å². The van der Waals surface area contributed by atoms with Crippen molar-refractivity contribution in [3.05, 3.63) is 59.5 Å². The molecule has 2 N–H and O–H groups in total. The van der Waals surface area contributed by atoms with E-state index in [1.165, 1.54) is 5.56 Å². The van der Waals surface area contributed by atoms with E-state index >= 15 is 0 Å². The predicted molar refractivity (Wildman–Crippen MR) is 122 cm³/mol. The van der Waals surface area contributed by atoms with Crippen molar-refractivity contribution in [2.75, 3.05) is 32.8 Å². The van der Waals surface area contributed by atoms with Crippen LogP contribution in [0, 0.1) is 6.92 Å². The zero-order valence-electron chi connectivity index (χ0n) is 18.8. The van der Waals surface area contributed by atoms with Crippen LogP contribution in [0.3, 0.4) is 0 Å². The second-order valence-electron chi connectivity index (χ2n) is 9.32. The topological polar surface area (TPSA) is 83.8 Å². The average molecular weight is 435 g/mol. The molecule has 1 spiro atoms. The highest BCUT2D eigenvalue weighted by atomic mass is 16.5. The number of carbonyl (C=O) groups excluding carboxylic acids is 1. The predicted octanol–water partition coefficient (Wildman–Crippen LogP) is 2.69. The normalized spacial score (nSPS) is 19.1. The van der Waals surface area contributed by atoms with Gasteiger partial charge in [-0.1, -0.05) is 44.2 Å². The Morgan fingerprint density at radius 2 is 1.97 bits per heavy atom. The number of hydrogen-bond acceptors (Lipinski definition) is 5. The van der Waals surface area contributed by atoms with Crippen LogP contribution < -0.4 is 15.4 Å². The number of aromatic nitrogens is 3. The molecule has 2 saturated heterocycles. The van der Waals surface area contributed by atoms with Crippen LogP contribution in [0.2, 0.25) is 0 Å². The quantitative estimate of drug-likeness (QED) is 0.597. The summed E-state index contributed by atoms with van der Waals surface area (Å²) < 4.78 is 7.89. The highest BCUT2D eigenvalue weighted by Crippen LogP contribution is 2.25. The molecular weight excluding hydrogens is 404 g/mol. The number of rotatable bonds is 7. The fraction of sp³-hybridized carbons (Fsp3) is 0.458. The van der Waals surface area contributed by atoms with E-state index in [1.807, 2.05) is 30.2 Å². The van der Waals surface area contributed by atoms with Gasteiger partial charge in [0.1, 0.15) is 5.75 Å². The lowest BCUT2D eigenvalue weighted by atomic mass is 9.94. The van der Waals surface area contributed by atoms with Gasteiger partial charge in [-0.2, -0.15) is 5.10 Å². The monoisotopic (exact) mass is 434 g/mol. The molecular formula is C24H30N6O2. The maximum atomic E-state index is 12.4. The lowest BCUT2D eigenvalue weighted by Gasteiger charge is -2.38. The molecule has 2 atom stereocenters. The molecule has 1 unspecified atom stereocenters. The van der Waals surface area contributed by atoms with Gasteiger partial charge in [-0.05, 0) is 24.1 Å². The minimum atomic E-state index is -0.0944. The van der Waals surface area contributed by atoms with Crippen molar-refractivity contribution >= 4 is 11.7 Å². The largest absolute Gasteiger partial charge is 0.491 e. The van der Waals surface area contributed by atoms with E-state index in [-0.39, 0.29) is 17.5 Å². The van der Waals surface area contributed by atoms with Crippen LogP contribution in [-0.2, 0) is 0 Å². The fourth-order valence-electron chi connectivity index (χ4n) is 4.49. The van der Waals surface area contributed by atoms with Gasteiger partial charge in [0, 0.05) is 38.0 Å². The third kappa shape index (κ3) is 3.90. The summed E-state index contributed by atoms with van der Waals surface area (Å²) in [5.74, 6) is 1.84. The van der Waals surface area contributed by atoms with Gasteiger partial charge in [0.15, 0.2) is 11.5 Å². The van der Waals surface area contributed by atoms with Crippen molar-refractivity contribution in [1.29, 1.82) is 0 Å². The highest BCUT2D eigenvalue weighted by molar-refractivity contribution is 5.78. The summed E-state index contributed by atoms with van der Waals surface area (Å²) in [6.07, 6.45) is 1.89. The molecule has 4 heterocycles. The van der Waals surface area contributed by atoms with Crippen LogP contribution in [0.1, 0.15) is 42.6 Å². The molecule has 8 heteroatoms. The van der Waals surface area contributed by atoms with Crippen molar-refractivity contribution in [1.82, 2.24) is 30.1 Å². The van der Waals surface area contributed by atoms with Crippen LogP contribution >= 0.6 is 0 Å². The minimum Gasteiger partial charge on any atom is -0.491 e. The summed E-state index contributed by atoms with van der Waals surface area (Å²) in [5.41, 5.74) is 3.00. The maximum absolute atomic E-state index is 12.4. The number of nitrogens with one attached hydrogen (secondary N) is 2. The van der Waals surface area contributed by atoms with Gasteiger partial charge < -0.3 is 20.3 Å². The van der Waals surface area contributed by atoms with Gasteiger partial charge in [-0.15, -0.1) is 0 Å². The zero-order chi connectivity index (χ0) is 22.3. The Hall–Kier alpha value is -3.13. The molecule has 0 aliphatic carbocycles. The summed E-state index contributed by atoms with van der Waals surface area (Å²) in [5, 5.41) is 11.1. The molecule has 0 bridgehead atoms. The molecule has 1 aromatic carbocycles. The van der Waals surface area contributed by atoms with Crippen molar-refractivity contribution < 1.29 is 9.53 Å². The van der Waals surface area contributed by atoms with Crippen LogP contribution in [0.5, 0.6) is 5.75 Å². The summed E-state index contributed by atoms with van der Waals surface area (Å²) >= 11 is 0. The lowest BCUT2D eigenvalue weighted by molar-refractivity contribution is 0.213. The average Bonchev–Trinajstić information content (AvgIpc) is 3.34. The Morgan fingerprint density at radius 1 is 1.19 bits per heavy atom. The Morgan fingerprint density at radius 3 is 2.66 bits per heavy atom. The molecule has 5 rings (SSSR count). The number of nitrogens with zero attached hydrogens (tertiary/aromatic N) is 4. The van der Waals surface area contributed by atoms with Gasteiger partial charge in [-0.3, -0.25) is 0 Å². The number of pyridine rings is 1. The Labute approximate surface area is 188 Å². The van der Waals surface area contributed by atoms with Crippen molar-refractivity contribution in [2.24, 2.45) is 0 Å². The van der Waals surface area contributed by atoms with E-state index in [9.17, 15) is 4.79 Å². The molecule has 2 aliphatic rings. The highest BCUT2D eigenvalue weighted by Gasteiger charge is 2.47. The number of ether oxygens (including phenoxy) is 1. The molecule has 8 nitrogen and oxygen atoms in total.